The summed E-state index contributed by atoms with van der Waals surface area (Å²) in [4.78, 5) is 22.0. The Morgan fingerprint density at radius 1 is 1.28 bits per heavy atom. The van der Waals surface area contributed by atoms with Crippen LogP contribution < -0.4 is 10.9 Å². The molecule has 1 aliphatic rings. The van der Waals surface area contributed by atoms with Gasteiger partial charge < -0.3 is 10.4 Å². The third-order valence-electron chi connectivity index (χ3n) is 4.58. The molecule has 0 saturated carbocycles. The van der Waals surface area contributed by atoms with Crippen molar-refractivity contribution >= 4 is 15.8 Å². The first-order valence-corrected chi connectivity index (χ1v) is 9.94. The number of carbonyl (C=O) groups is 1. The molecule has 29 heavy (non-hydrogen) atoms. The molecule has 2 atom stereocenters. The molecule has 0 spiro atoms. The van der Waals surface area contributed by atoms with E-state index < -0.39 is 49.3 Å². The van der Waals surface area contributed by atoms with Gasteiger partial charge in [0.25, 0.3) is 5.56 Å². The monoisotopic (exact) mass is 431 g/mol. The smallest absolute Gasteiger partial charge is 0.417 e. The zero-order valence-electron chi connectivity index (χ0n) is 15.0. The van der Waals surface area contributed by atoms with Crippen LogP contribution in [0, 0.1) is 6.92 Å². The van der Waals surface area contributed by atoms with Gasteiger partial charge in [-0.3, -0.25) is 9.59 Å². The van der Waals surface area contributed by atoms with E-state index in [1.54, 1.807) is 6.92 Å². The Balaban J connectivity index is 2.12. The molecule has 2 heterocycles. The number of sulfone groups is 1. The third kappa shape index (κ3) is 4.03. The summed E-state index contributed by atoms with van der Waals surface area (Å²) in [5.74, 6) is -1.28. The highest BCUT2D eigenvalue weighted by atomic mass is 32.2. The van der Waals surface area contributed by atoms with Crippen molar-refractivity contribution in [3.05, 3.63) is 51.9 Å². The van der Waals surface area contributed by atoms with Crippen molar-refractivity contribution in [3.8, 4) is 5.69 Å². The van der Waals surface area contributed by atoms with Crippen LogP contribution in [0.2, 0.25) is 0 Å². The molecule has 1 saturated heterocycles. The van der Waals surface area contributed by atoms with Crippen molar-refractivity contribution in [1.29, 1.82) is 0 Å². The van der Waals surface area contributed by atoms with E-state index in [1.165, 1.54) is 6.07 Å². The van der Waals surface area contributed by atoms with Gasteiger partial charge in [0.2, 0.25) is 0 Å². The molecular formula is C17H16F3N3O5S. The number of carboxylic acid groups (broad SMARTS) is 1. The lowest BCUT2D eigenvalue weighted by molar-refractivity contribution is -0.140. The van der Waals surface area contributed by atoms with Gasteiger partial charge in [-0.2, -0.15) is 23.0 Å². The molecule has 156 valence electrons. The number of nitrogens with zero attached hydrogens (tertiary/aromatic N) is 2. The van der Waals surface area contributed by atoms with E-state index in [0.717, 1.165) is 22.9 Å². The van der Waals surface area contributed by atoms with Gasteiger partial charge in [0.05, 0.1) is 27.1 Å². The summed E-state index contributed by atoms with van der Waals surface area (Å²) in [5.41, 5.74) is -1.97. The number of alkyl halides is 3. The summed E-state index contributed by atoms with van der Waals surface area (Å²) in [6.45, 7) is 1.27. The molecule has 2 N–H and O–H groups in total. The van der Waals surface area contributed by atoms with Gasteiger partial charge in [-0.25, -0.2) is 8.42 Å². The van der Waals surface area contributed by atoms with E-state index in [0.29, 0.717) is 11.8 Å². The fourth-order valence-corrected chi connectivity index (χ4v) is 4.97. The van der Waals surface area contributed by atoms with Crippen molar-refractivity contribution in [2.45, 2.75) is 35.7 Å². The maximum atomic E-state index is 13.7. The number of hydrogen-bond acceptors (Lipinski definition) is 6. The Bertz CT molecular complexity index is 1130. The summed E-state index contributed by atoms with van der Waals surface area (Å²) in [6, 6.07) is 3.77. The summed E-state index contributed by atoms with van der Waals surface area (Å²) >= 11 is 0. The van der Waals surface area contributed by atoms with Gasteiger partial charge in [0.1, 0.15) is 6.04 Å². The molecule has 0 amide bonds. The molecule has 0 radical (unpaired) electrons. The molecule has 2 aromatic rings. The van der Waals surface area contributed by atoms with Crippen LogP contribution in [0.15, 0.2) is 40.0 Å². The van der Waals surface area contributed by atoms with Crippen molar-refractivity contribution in [1.82, 2.24) is 15.1 Å². The van der Waals surface area contributed by atoms with Gasteiger partial charge >= 0.3 is 12.1 Å². The van der Waals surface area contributed by atoms with Crippen LogP contribution in [0.1, 0.15) is 17.7 Å². The van der Waals surface area contributed by atoms with Crippen LogP contribution in [-0.4, -0.2) is 47.1 Å². The minimum Gasteiger partial charge on any atom is -0.480 e. The summed E-state index contributed by atoms with van der Waals surface area (Å²) in [7, 11) is -4.49. The lowest BCUT2D eigenvalue weighted by Gasteiger charge is -2.18. The Hall–Kier alpha value is -2.73. The predicted molar refractivity (Wildman–Crippen MR) is 94.6 cm³/mol. The van der Waals surface area contributed by atoms with Crippen LogP contribution in [0.3, 0.4) is 0 Å². The molecule has 0 unspecified atom stereocenters. The number of rotatable bonds is 4. The van der Waals surface area contributed by atoms with E-state index in [9.17, 15) is 31.2 Å². The quantitative estimate of drug-likeness (QED) is 0.746. The Labute approximate surface area is 162 Å². The number of aryl methyl sites for hydroxylation is 1. The van der Waals surface area contributed by atoms with Gasteiger partial charge in [0.15, 0.2) is 9.84 Å². The molecule has 1 aromatic heterocycles. The number of hydrogen-bond donors (Lipinski definition) is 2. The van der Waals surface area contributed by atoms with Crippen molar-refractivity contribution in [2.75, 3.05) is 6.54 Å². The van der Waals surface area contributed by atoms with Crippen LogP contribution in [-0.2, 0) is 20.8 Å². The molecule has 3 rings (SSSR count). The Kier molecular flexibility index (Phi) is 5.26. The van der Waals surface area contributed by atoms with E-state index in [2.05, 4.69) is 10.4 Å². The minimum atomic E-state index is -5.02. The number of halogens is 3. The molecule has 0 bridgehead atoms. The second-order valence-electron chi connectivity index (χ2n) is 6.60. The Morgan fingerprint density at radius 3 is 2.55 bits per heavy atom. The predicted octanol–water partition coefficient (Wildman–Crippen LogP) is 1.15. The molecule has 12 heteroatoms. The van der Waals surface area contributed by atoms with E-state index in [-0.39, 0.29) is 18.7 Å². The normalized spacial score (nSPS) is 20.0. The fraction of sp³-hybridized carbons (Fsp3) is 0.353. The van der Waals surface area contributed by atoms with E-state index >= 15 is 0 Å². The average Bonchev–Trinajstić information content (AvgIpc) is 3.14. The topological polar surface area (TPSA) is 118 Å². The minimum absolute atomic E-state index is 0.238. The second-order valence-corrected chi connectivity index (χ2v) is 8.80. The summed E-state index contributed by atoms with van der Waals surface area (Å²) < 4.78 is 67.4. The number of aromatic nitrogens is 2. The lowest BCUT2D eigenvalue weighted by Crippen LogP contribution is -2.30. The first kappa shape index (κ1) is 21.0. The third-order valence-corrected chi connectivity index (χ3v) is 6.79. The standard InChI is InChI=1S/C17H16F3N3O5S/c1-9-2-5-15(24)23(22-9)10-3-4-14(12(6-10)17(18,19)20)29(27,28)11-7-13(16(25)26)21-8-11/h2-6,11,13,21H,7-8H2,1H3,(H,25,26)/t11-,13+/m1/s1. The largest absolute Gasteiger partial charge is 0.480 e. The highest BCUT2D eigenvalue weighted by Gasteiger charge is 2.43. The maximum absolute atomic E-state index is 13.7. The average molecular weight is 431 g/mol. The van der Waals surface area contributed by atoms with Crippen LogP contribution in [0.4, 0.5) is 13.2 Å². The number of carboxylic acids is 1. The van der Waals surface area contributed by atoms with Gasteiger partial charge in [-0.05, 0) is 37.6 Å². The molecular weight excluding hydrogens is 415 g/mol. The number of nitrogens with one attached hydrogen (secondary N) is 1. The van der Waals surface area contributed by atoms with Gasteiger partial charge in [-0.1, -0.05) is 0 Å². The maximum Gasteiger partial charge on any atom is 0.417 e. The zero-order valence-corrected chi connectivity index (χ0v) is 15.8. The molecule has 8 nitrogen and oxygen atoms in total. The number of aliphatic carboxylic acids is 1. The van der Waals surface area contributed by atoms with Crippen molar-refractivity contribution < 1.29 is 31.5 Å². The van der Waals surface area contributed by atoms with Gasteiger partial charge in [0, 0.05) is 12.6 Å². The SMILES string of the molecule is Cc1ccc(=O)n(-c2ccc(S(=O)(=O)[C@H]3CN[C@H](C(=O)O)C3)c(C(F)(F)F)c2)n1. The fourth-order valence-electron chi connectivity index (χ4n) is 3.11. The molecule has 1 fully saturated rings. The highest BCUT2D eigenvalue weighted by Crippen LogP contribution is 2.37. The molecule has 1 aromatic carbocycles. The Morgan fingerprint density at radius 2 is 1.97 bits per heavy atom. The zero-order chi connectivity index (χ0) is 21.6. The molecule has 0 aliphatic carbocycles. The first-order valence-electron chi connectivity index (χ1n) is 8.40. The van der Waals surface area contributed by atoms with E-state index in [1.807, 2.05) is 0 Å². The van der Waals surface area contributed by atoms with E-state index in [4.69, 9.17) is 5.11 Å². The highest BCUT2D eigenvalue weighted by molar-refractivity contribution is 7.92. The van der Waals surface area contributed by atoms with Crippen molar-refractivity contribution in [2.24, 2.45) is 0 Å². The van der Waals surface area contributed by atoms with Crippen LogP contribution in [0.5, 0.6) is 0 Å². The molecule has 1 aliphatic heterocycles. The second kappa shape index (κ2) is 7.26. The van der Waals surface area contributed by atoms with Crippen molar-refractivity contribution in [3.63, 3.8) is 0 Å². The van der Waals surface area contributed by atoms with Gasteiger partial charge in [-0.15, -0.1) is 0 Å². The number of benzene rings is 1. The first-order chi connectivity index (χ1) is 13.4. The van der Waals surface area contributed by atoms with Crippen LogP contribution in [0.25, 0.3) is 5.69 Å². The van der Waals surface area contributed by atoms with Crippen LogP contribution >= 0.6 is 0 Å². The lowest BCUT2D eigenvalue weighted by atomic mass is 10.2. The summed E-state index contributed by atoms with van der Waals surface area (Å²) in [5, 5.41) is 14.0. The summed E-state index contributed by atoms with van der Waals surface area (Å²) in [6.07, 6.45) is -5.38.